The van der Waals surface area contributed by atoms with E-state index in [-0.39, 0.29) is 42.5 Å². The minimum absolute atomic E-state index is 0.00710. The van der Waals surface area contributed by atoms with Crippen LogP contribution in [0.1, 0.15) is 46.1 Å². The lowest BCUT2D eigenvalue weighted by molar-refractivity contribution is -0.142. The highest BCUT2D eigenvalue weighted by Crippen LogP contribution is 2.25. The van der Waals surface area contributed by atoms with Crippen molar-refractivity contribution in [1.82, 2.24) is 20.0 Å². The van der Waals surface area contributed by atoms with E-state index in [1.54, 1.807) is 4.90 Å². The zero-order chi connectivity index (χ0) is 21.8. The number of carbonyl (C=O) groups excluding carboxylic acids is 3. The molecule has 30 heavy (non-hydrogen) atoms. The number of amides is 4. The fourth-order valence-corrected chi connectivity index (χ4v) is 4.69. The predicted molar refractivity (Wildman–Crippen MR) is 116 cm³/mol. The molecule has 0 spiro atoms. The van der Waals surface area contributed by atoms with Crippen molar-refractivity contribution in [2.45, 2.75) is 71.1 Å². The highest BCUT2D eigenvalue weighted by molar-refractivity contribution is 6.01. The molecule has 2 saturated heterocycles. The average Bonchev–Trinajstić information content (AvgIpc) is 2.71. The second-order valence-electron chi connectivity index (χ2n) is 8.77. The number of hydrogen-bond donors (Lipinski definition) is 1. The Kier molecular flexibility index (Phi) is 7.13. The van der Waals surface area contributed by atoms with Gasteiger partial charge in [-0.1, -0.05) is 30.3 Å². The summed E-state index contributed by atoms with van der Waals surface area (Å²) < 4.78 is 0. The molecule has 1 N–H and O–H groups in total. The van der Waals surface area contributed by atoms with Crippen molar-refractivity contribution in [3.8, 4) is 0 Å². The summed E-state index contributed by atoms with van der Waals surface area (Å²) in [6.45, 7) is 9.00. The summed E-state index contributed by atoms with van der Waals surface area (Å²) >= 11 is 0. The molecule has 2 atom stereocenters. The fourth-order valence-electron chi connectivity index (χ4n) is 4.69. The molecule has 1 aromatic rings. The van der Waals surface area contributed by atoms with Crippen molar-refractivity contribution in [3.05, 3.63) is 35.9 Å². The van der Waals surface area contributed by atoms with Gasteiger partial charge in [0.05, 0.1) is 6.04 Å². The van der Waals surface area contributed by atoms with Gasteiger partial charge in [0.15, 0.2) is 0 Å². The van der Waals surface area contributed by atoms with Crippen LogP contribution >= 0.6 is 0 Å². The van der Waals surface area contributed by atoms with Gasteiger partial charge in [0.2, 0.25) is 11.8 Å². The maximum atomic E-state index is 13.3. The van der Waals surface area contributed by atoms with Crippen LogP contribution in [0.2, 0.25) is 0 Å². The molecule has 2 aliphatic rings. The molecule has 0 aliphatic carbocycles. The molecule has 3 rings (SSSR count). The van der Waals surface area contributed by atoms with E-state index in [0.29, 0.717) is 13.0 Å². The predicted octanol–water partition coefficient (Wildman–Crippen LogP) is 2.26. The fraction of sp³-hybridized carbons (Fsp3) is 0.609. The summed E-state index contributed by atoms with van der Waals surface area (Å²) in [5.74, 6) is -0.246. The monoisotopic (exact) mass is 414 g/mol. The molecule has 164 valence electrons. The number of carbonyl (C=O) groups is 3. The standard InChI is InChI=1S/C23H34N4O3/c1-16(2)27(17(3)4)20(28)15-26-19-11-8-13-24-21(19)22(29)25(23(26)30)14-12-18-9-6-5-7-10-18/h5-7,9-10,16-17,19,21,24H,8,11-15H2,1-4H3. The maximum Gasteiger partial charge on any atom is 0.327 e. The Bertz CT molecular complexity index is 757. The van der Waals surface area contributed by atoms with Crippen molar-refractivity contribution in [1.29, 1.82) is 0 Å². The summed E-state index contributed by atoms with van der Waals surface area (Å²) in [5, 5.41) is 3.29. The normalized spacial score (nSPS) is 21.9. The number of benzene rings is 1. The van der Waals surface area contributed by atoms with E-state index in [1.807, 2.05) is 62.9 Å². The summed E-state index contributed by atoms with van der Waals surface area (Å²) in [7, 11) is 0. The van der Waals surface area contributed by atoms with Crippen molar-refractivity contribution in [2.24, 2.45) is 0 Å². The Labute approximate surface area is 179 Å². The van der Waals surface area contributed by atoms with Crippen LogP contribution in [0.5, 0.6) is 0 Å². The molecule has 0 bridgehead atoms. The van der Waals surface area contributed by atoms with Gasteiger partial charge in [0.1, 0.15) is 12.6 Å². The van der Waals surface area contributed by atoms with Crippen LogP contribution in [0.4, 0.5) is 4.79 Å². The number of nitrogens with one attached hydrogen (secondary N) is 1. The molecule has 7 nitrogen and oxygen atoms in total. The Hall–Kier alpha value is -2.41. The van der Waals surface area contributed by atoms with Crippen LogP contribution in [-0.2, 0) is 16.0 Å². The van der Waals surface area contributed by atoms with Crippen LogP contribution in [0.15, 0.2) is 30.3 Å². The molecule has 0 saturated carbocycles. The van der Waals surface area contributed by atoms with Gasteiger partial charge in [-0.05, 0) is 59.1 Å². The van der Waals surface area contributed by atoms with Crippen LogP contribution in [-0.4, -0.2) is 76.3 Å². The Morgan fingerprint density at radius 3 is 2.43 bits per heavy atom. The lowest BCUT2D eigenvalue weighted by Gasteiger charge is -2.47. The first kappa shape index (κ1) is 22.3. The molecular formula is C23H34N4O3. The molecule has 2 aliphatic heterocycles. The topological polar surface area (TPSA) is 73.0 Å². The minimum Gasteiger partial charge on any atom is -0.336 e. The van der Waals surface area contributed by atoms with Crippen molar-refractivity contribution >= 4 is 17.8 Å². The van der Waals surface area contributed by atoms with Gasteiger partial charge >= 0.3 is 6.03 Å². The van der Waals surface area contributed by atoms with E-state index >= 15 is 0 Å². The third-order valence-corrected chi connectivity index (χ3v) is 6.01. The van der Waals surface area contributed by atoms with E-state index in [9.17, 15) is 14.4 Å². The van der Waals surface area contributed by atoms with Gasteiger partial charge < -0.3 is 15.1 Å². The SMILES string of the molecule is CC(C)N(C(=O)CN1C(=O)N(CCc2ccccc2)C(=O)C2NCCCC21)C(C)C. The average molecular weight is 415 g/mol. The Morgan fingerprint density at radius 1 is 1.13 bits per heavy atom. The summed E-state index contributed by atoms with van der Waals surface area (Å²) in [4.78, 5) is 44.3. The van der Waals surface area contributed by atoms with Crippen molar-refractivity contribution < 1.29 is 14.4 Å². The molecule has 4 amide bonds. The van der Waals surface area contributed by atoms with Crippen LogP contribution in [0.3, 0.4) is 0 Å². The molecular weight excluding hydrogens is 380 g/mol. The van der Waals surface area contributed by atoms with Crippen LogP contribution in [0.25, 0.3) is 0 Å². The Morgan fingerprint density at radius 2 is 1.80 bits per heavy atom. The minimum atomic E-state index is -0.438. The molecule has 1 aromatic carbocycles. The quantitative estimate of drug-likeness (QED) is 0.743. The third-order valence-electron chi connectivity index (χ3n) is 6.01. The summed E-state index contributed by atoms with van der Waals surface area (Å²) in [6, 6.07) is 8.87. The number of rotatable bonds is 7. The first-order valence-electron chi connectivity index (χ1n) is 11.0. The van der Waals surface area contributed by atoms with Gasteiger partial charge in [-0.15, -0.1) is 0 Å². The van der Waals surface area contributed by atoms with Crippen LogP contribution in [0, 0.1) is 0 Å². The number of imide groups is 1. The van der Waals surface area contributed by atoms with Gasteiger partial charge in [-0.2, -0.15) is 0 Å². The van der Waals surface area contributed by atoms with Gasteiger partial charge in [0, 0.05) is 18.6 Å². The smallest absolute Gasteiger partial charge is 0.327 e. The molecule has 0 radical (unpaired) electrons. The van der Waals surface area contributed by atoms with E-state index in [1.165, 1.54) is 4.90 Å². The highest BCUT2D eigenvalue weighted by Gasteiger charge is 2.47. The van der Waals surface area contributed by atoms with Crippen molar-refractivity contribution in [2.75, 3.05) is 19.6 Å². The van der Waals surface area contributed by atoms with E-state index in [2.05, 4.69) is 5.32 Å². The van der Waals surface area contributed by atoms with Gasteiger partial charge in [0.25, 0.3) is 0 Å². The number of hydrogen-bond acceptors (Lipinski definition) is 4. The van der Waals surface area contributed by atoms with Gasteiger partial charge in [-0.3, -0.25) is 14.5 Å². The largest absolute Gasteiger partial charge is 0.336 e. The lowest BCUT2D eigenvalue weighted by atomic mass is 9.93. The molecule has 0 aromatic heterocycles. The number of urea groups is 1. The molecule has 2 unspecified atom stereocenters. The first-order chi connectivity index (χ1) is 14.3. The summed E-state index contributed by atoms with van der Waals surface area (Å²) in [6.07, 6.45) is 2.22. The van der Waals surface area contributed by atoms with E-state index in [0.717, 1.165) is 24.9 Å². The molecule has 2 fully saturated rings. The van der Waals surface area contributed by atoms with Gasteiger partial charge in [-0.25, -0.2) is 4.79 Å². The van der Waals surface area contributed by atoms with E-state index in [4.69, 9.17) is 0 Å². The number of fused-ring (bicyclic) bond motifs is 1. The van der Waals surface area contributed by atoms with Crippen molar-refractivity contribution in [3.63, 3.8) is 0 Å². The molecule has 2 heterocycles. The zero-order valence-electron chi connectivity index (χ0n) is 18.5. The molecule has 7 heteroatoms. The number of nitrogens with zero attached hydrogens (tertiary/aromatic N) is 3. The first-order valence-corrected chi connectivity index (χ1v) is 11.0. The second-order valence-corrected chi connectivity index (χ2v) is 8.77. The third kappa shape index (κ3) is 4.67. The zero-order valence-corrected chi connectivity index (χ0v) is 18.5. The second kappa shape index (κ2) is 9.60. The Balaban J connectivity index is 1.80. The number of piperidine rings is 1. The highest BCUT2D eigenvalue weighted by atomic mass is 16.2. The summed E-state index contributed by atoms with van der Waals surface area (Å²) in [5.41, 5.74) is 1.07. The van der Waals surface area contributed by atoms with E-state index < -0.39 is 6.04 Å². The van der Waals surface area contributed by atoms with Crippen LogP contribution < -0.4 is 5.32 Å². The maximum absolute atomic E-state index is 13.3. The lowest BCUT2D eigenvalue weighted by Crippen LogP contribution is -2.70.